The number of allylic oxidation sites excluding steroid dienone is 2. The van der Waals surface area contributed by atoms with Crippen molar-refractivity contribution in [1.29, 1.82) is 0 Å². The standard InChI is InChI=1S/C18H37N.ClH/c1-2-3-4-5-6-7-8-9-10-11-12-13-14-15-16-17-18-19;/h12-13H,2-11,14-19H2,1H3;1H/b13-12-;. The van der Waals surface area contributed by atoms with Crippen LogP contribution in [0.4, 0.5) is 0 Å². The van der Waals surface area contributed by atoms with Crippen LogP contribution in [0.15, 0.2) is 12.2 Å². The highest BCUT2D eigenvalue weighted by atomic mass is 35.5. The van der Waals surface area contributed by atoms with Crippen molar-refractivity contribution in [2.75, 3.05) is 6.54 Å². The lowest BCUT2D eigenvalue weighted by Gasteiger charge is -2.00. The van der Waals surface area contributed by atoms with Gasteiger partial charge in [-0.1, -0.05) is 76.9 Å². The maximum absolute atomic E-state index is 5.46. The summed E-state index contributed by atoms with van der Waals surface area (Å²) in [4.78, 5) is 0. The first-order valence-electron chi connectivity index (χ1n) is 8.77. The van der Waals surface area contributed by atoms with E-state index in [2.05, 4.69) is 19.1 Å². The monoisotopic (exact) mass is 303 g/mol. The van der Waals surface area contributed by atoms with Gasteiger partial charge in [-0.05, 0) is 38.6 Å². The molecule has 2 N–H and O–H groups in total. The first kappa shape index (κ1) is 22.3. The first-order valence-corrected chi connectivity index (χ1v) is 8.77. The fourth-order valence-corrected chi connectivity index (χ4v) is 2.39. The maximum Gasteiger partial charge on any atom is -0.00773 e. The van der Waals surface area contributed by atoms with Gasteiger partial charge in [0.1, 0.15) is 0 Å². The third-order valence-electron chi connectivity index (χ3n) is 3.72. The molecule has 0 fully saturated rings. The summed E-state index contributed by atoms with van der Waals surface area (Å²) in [6.07, 6.45) is 23.9. The molecule has 0 saturated heterocycles. The van der Waals surface area contributed by atoms with Crippen LogP contribution >= 0.6 is 12.4 Å². The summed E-state index contributed by atoms with van der Waals surface area (Å²) in [5.74, 6) is 0. The Morgan fingerprint density at radius 3 is 1.45 bits per heavy atom. The second-order valence-corrected chi connectivity index (χ2v) is 5.73. The Morgan fingerprint density at radius 2 is 1.00 bits per heavy atom. The lowest BCUT2D eigenvalue weighted by Crippen LogP contribution is -1.97. The molecule has 0 rings (SSSR count). The van der Waals surface area contributed by atoms with Crippen LogP contribution < -0.4 is 5.73 Å². The van der Waals surface area contributed by atoms with E-state index in [4.69, 9.17) is 5.73 Å². The number of unbranched alkanes of at least 4 members (excludes halogenated alkanes) is 12. The first-order chi connectivity index (χ1) is 9.41. The smallest absolute Gasteiger partial charge is 0.00773 e. The summed E-state index contributed by atoms with van der Waals surface area (Å²) < 4.78 is 0. The van der Waals surface area contributed by atoms with Crippen molar-refractivity contribution in [2.24, 2.45) is 5.73 Å². The molecule has 0 radical (unpaired) electrons. The summed E-state index contributed by atoms with van der Waals surface area (Å²) in [5.41, 5.74) is 5.46. The van der Waals surface area contributed by atoms with E-state index in [1.807, 2.05) is 0 Å². The highest BCUT2D eigenvalue weighted by Gasteiger charge is 1.91. The fourth-order valence-electron chi connectivity index (χ4n) is 2.39. The van der Waals surface area contributed by atoms with Crippen molar-refractivity contribution in [2.45, 2.75) is 96.8 Å². The summed E-state index contributed by atoms with van der Waals surface area (Å²) in [7, 11) is 0. The molecule has 0 aromatic rings. The zero-order chi connectivity index (χ0) is 14.0. The maximum atomic E-state index is 5.46. The predicted molar refractivity (Wildman–Crippen MR) is 95.8 cm³/mol. The Kier molecular flexibility index (Phi) is 23.7. The highest BCUT2D eigenvalue weighted by molar-refractivity contribution is 5.85. The van der Waals surface area contributed by atoms with Gasteiger partial charge in [0.15, 0.2) is 0 Å². The van der Waals surface area contributed by atoms with Crippen molar-refractivity contribution in [3.63, 3.8) is 0 Å². The van der Waals surface area contributed by atoms with E-state index >= 15 is 0 Å². The van der Waals surface area contributed by atoms with E-state index in [0.29, 0.717) is 0 Å². The molecule has 0 unspecified atom stereocenters. The van der Waals surface area contributed by atoms with Crippen LogP contribution in [0.3, 0.4) is 0 Å². The molecule has 0 aliphatic heterocycles. The van der Waals surface area contributed by atoms with Crippen molar-refractivity contribution >= 4 is 12.4 Å². The quantitative estimate of drug-likeness (QED) is 0.275. The molecule has 0 heterocycles. The van der Waals surface area contributed by atoms with Crippen LogP contribution in [-0.2, 0) is 0 Å². The molecule has 1 nitrogen and oxygen atoms in total. The SMILES string of the molecule is CCCCCCCCCCC/C=C\CCCCCN.Cl. The van der Waals surface area contributed by atoms with E-state index in [0.717, 1.165) is 6.54 Å². The van der Waals surface area contributed by atoms with E-state index in [9.17, 15) is 0 Å². The van der Waals surface area contributed by atoms with E-state index in [-0.39, 0.29) is 12.4 Å². The highest BCUT2D eigenvalue weighted by Crippen LogP contribution is 2.10. The van der Waals surface area contributed by atoms with Crippen LogP contribution in [0.2, 0.25) is 0 Å². The third-order valence-corrected chi connectivity index (χ3v) is 3.72. The second kappa shape index (κ2) is 21.3. The van der Waals surface area contributed by atoms with Gasteiger partial charge in [-0.15, -0.1) is 12.4 Å². The van der Waals surface area contributed by atoms with Gasteiger partial charge < -0.3 is 5.73 Å². The van der Waals surface area contributed by atoms with Gasteiger partial charge in [0.05, 0.1) is 0 Å². The summed E-state index contributed by atoms with van der Waals surface area (Å²) in [6.45, 7) is 3.13. The fraction of sp³-hybridized carbons (Fsp3) is 0.889. The number of hydrogen-bond acceptors (Lipinski definition) is 1. The molecular formula is C18H38ClN. The molecule has 122 valence electrons. The summed E-state index contributed by atoms with van der Waals surface area (Å²) in [5, 5.41) is 0. The summed E-state index contributed by atoms with van der Waals surface area (Å²) >= 11 is 0. The Bertz CT molecular complexity index is 180. The molecule has 20 heavy (non-hydrogen) atoms. The zero-order valence-electron chi connectivity index (χ0n) is 13.7. The molecule has 0 bridgehead atoms. The molecule has 0 aromatic carbocycles. The number of hydrogen-bond donors (Lipinski definition) is 1. The Labute approximate surface area is 134 Å². The van der Waals surface area contributed by atoms with Crippen molar-refractivity contribution < 1.29 is 0 Å². The van der Waals surface area contributed by atoms with Gasteiger partial charge in [0, 0.05) is 0 Å². The van der Waals surface area contributed by atoms with Gasteiger partial charge in [-0.25, -0.2) is 0 Å². The topological polar surface area (TPSA) is 26.0 Å². The molecule has 0 aromatic heterocycles. The molecule has 0 atom stereocenters. The van der Waals surface area contributed by atoms with Gasteiger partial charge in [0.2, 0.25) is 0 Å². The van der Waals surface area contributed by atoms with E-state index in [1.54, 1.807) is 0 Å². The van der Waals surface area contributed by atoms with Crippen molar-refractivity contribution in [3.8, 4) is 0 Å². The van der Waals surface area contributed by atoms with Gasteiger partial charge in [-0.3, -0.25) is 0 Å². The average molecular weight is 304 g/mol. The molecule has 0 saturated carbocycles. The molecule has 0 amide bonds. The van der Waals surface area contributed by atoms with Crippen LogP contribution in [0.1, 0.15) is 96.8 Å². The van der Waals surface area contributed by atoms with Crippen LogP contribution in [0, 0.1) is 0 Å². The lowest BCUT2D eigenvalue weighted by atomic mass is 10.1. The van der Waals surface area contributed by atoms with Gasteiger partial charge in [0.25, 0.3) is 0 Å². The normalized spacial score (nSPS) is 10.9. The molecule has 0 aliphatic rings. The van der Waals surface area contributed by atoms with E-state index < -0.39 is 0 Å². The minimum Gasteiger partial charge on any atom is -0.330 e. The third kappa shape index (κ3) is 20.3. The Balaban J connectivity index is 0. The van der Waals surface area contributed by atoms with Crippen LogP contribution in [0.5, 0.6) is 0 Å². The lowest BCUT2D eigenvalue weighted by molar-refractivity contribution is 0.566. The largest absolute Gasteiger partial charge is 0.330 e. The average Bonchev–Trinajstić information content (AvgIpc) is 2.43. The number of rotatable bonds is 15. The van der Waals surface area contributed by atoms with Gasteiger partial charge in [-0.2, -0.15) is 0 Å². The summed E-state index contributed by atoms with van der Waals surface area (Å²) in [6, 6.07) is 0. The molecule has 2 heteroatoms. The minimum absolute atomic E-state index is 0. The van der Waals surface area contributed by atoms with Crippen molar-refractivity contribution in [1.82, 2.24) is 0 Å². The molecular weight excluding hydrogens is 266 g/mol. The van der Waals surface area contributed by atoms with Crippen LogP contribution in [-0.4, -0.2) is 6.54 Å². The van der Waals surface area contributed by atoms with Crippen LogP contribution in [0.25, 0.3) is 0 Å². The second-order valence-electron chi connectivity index (χ2n) is 5.73. The Morgan fingerprint density at radius 1 is 0.600 bits per heavy atom. The number of nitrogens with two attached hydrogens (primary N) is 1. The number of halogens is 1. The Hall–Kier alpha value is -0.0100. The zero-order valence-corrected chi connectivity index (χ0v) is 14.6. The van der Waals surface area contributed by atoms with Crippen molar-refractivity contribution in [3.05, 3.63) is 12.2 Å². The minimum atomic E-state index is 0. The molecule has 0 spiro atoms. The molecule has 0 aliphatic carbocycles. The van der Waals surface area contributed by atoms with E-state index in [1.165, 1.54) is 89.9 Å². The van der Waals surface area contributed by atoms with Gasteiger partial charge >= 0.3 is 0 Å². The predicted octanol–water partition coefficient (Wildman–Crippen LogP) is 6.40.